The number of ketones is 1. The van der Waals surface area contributed by atoms with Crippen LogP contribution >= 0.6 is 23.1 Å². The molecule has 0 spiro atoms. The van der Waals surface area contributed by atoms with E-state index in [9.17, 15) is 9.59 Å². The lowest BCUT2D eigenvalue weighted by Gasteiger charge is -1.98. The van der Waals surface area contributed by atoms with E-state index in [0.29, 0.717) is 22.4 Å². The summed E-state index contributed by atoms with van der Waals surface area (Å²) >= 11 is 2.71. The van der Waals surface area contributed by atoms with Gasteiger partial charge in [0.1, 0.15) is 0 Å². The SMILES string of the molecule is CCc1ccc(-c2nc(SCC(=O)c3ccc(CNC(C)=O)s3)n[nH]2)cc1. The number of nitrogens with zero attached hydrogens (tertiary/aromatic N) is 2. The third-order valence-electron chi connectivity index (χ3n) is 3.88. The molecule has 2 aromatic heterocycles. The third kappa shape index (κ3) is 5.27. The van der Waals surface area contributed by atoms with Crippen molar-refractivity contribution >= 4 is 34.8 Å². The second kappa shape index (κ2) is 8.96. The summed E-state index contributed by atoms with van der Waals surface area (Å²) < 4.78 is 0. The number of thiophene rings is 1. The summed E-state index contributed by atoms with van der Waals surface area (Å²) in [7, 11) is 0. The van der Waals surface area contributed by atoms with E-state index in [1.165, 1.54) is 35.6 Å². The van der Waals surface area contributed by atoms with Crippen molar-refractivity contribution in [3.8, 4) is 11.4 Å². The first-order valence-corrected chi connectivity index (χ1v) is 10.4. The Balaban J connectivity index is 1.56. The Labute approximate surface area is 165 Å². The maximum atomic E-state index is 12.4. The molecule has 8 heteroatoms. The zero-order valence-electron chi connectivity index (χ0n) is 15.1. The van der Waals surface area contributed by atoms with Crippen molar-refractivity contribution in [2.75, 3.05) is 5.75 Å². The molecule has 3 rings (SSSR count). The van der Waals surface area contributed by atoms with Gasteiger partial charge in [0.15, 0.2) is 11.6 Å². The smallest absolute Gasteiger partial charge is 0.217 e. The van der Waals surface area contributed by atoms with E-state index in [2.05, 4.69) is 39.6 Å². The van der Waals surface area contributed by atoms with Crippen molar-refractivity contribution in [3.63, 3.8) is 0 Å². The number of benzene rings is 1. The van der Waals surface area contributed by atoms with E-state index in [1.807, 2.05) is 18.2 Å². The zero-order chi connectivity index (χ0) is 19.2. The van der Waals surface area contributed by atoms with Crippen LogP contribution in [0.5, 0.6) is 0 Å². The number of amides is 1. The van der Waals surface area contributed by atoms with E-state index in [4.69, 9.17) is 0 Å². The average Bonchev–Trinajstić information content (AvgIpc) is 3.34. The van der Waals surface area contributed by atoms with E-state index >= 15 is 0 Å². The number of aromatic amines is 1. The molecular formula is C19H20N4O2S2. The molecule has 0 atom stereocenters. The number of H-pyrrole nitrogens is 1. The van der Waals surface area contributed by atoms with Crippen molar-refractivity contribution in [1.29, 1.82) is 0 Å². The molecule has 0 bridgehead atoms. The Morgan fingerprint density at radius 1 is 1.19 bits per heavy atom. The second-order valence-electron chi connectivity index (χ2n) is 5.90. The van der Waals surface area contributed by atoms with Crippen molar-refractivity contribution in [2.24, 2.45) is 0 Å². The van der Waals surface area contributed by atoms with Crippen molar-refractivity contribution in [2.45, 2.75) is 32.0 Å². The number of Topliss-reactive ketones (excluding diaryl/α,β-unsaturated/α-hetero) is 1. The maximum absolute atomic E-state index is 12.4. The second-order valence-corrected chi connectivity index (χ2v) is 8.02. The molecule has 3 aromatic rings. The van der Waals surface area contributed by atoms with Crippen LogP contribution in [0.15, 0.2) is 41.6 Å². The van der Waals surface area contributed by atoms with E-state index in [-0.39, 0.29) is 17.4 Å². The van der Waals surface area contributed by atoms with Gasteiger partial charge in [0.25, 0.3) is 0 Å². The highest BCUT2D eigenvalue weighted by Crippen LogP contribution is 2.23. The molecule has 0 saturated carbocycles. The van der Waals surface area contributed by atoms with Gasteiger partial charge in [-0.3, -0.25) is 14.7 Å². The fourth-order valence-corrected chi connectivity index (χ4v) is 4.03. The minimum atomic E-state index is -0.0865. The highest BCUT2D eigenvalue weighted by atomic mass is 32.2. The van der Waals surface area contributed by atoms with Gasteiger partial charge in [0.05, 0.1) is 17.2 Å². The summed E-state index contributed by atoms with van der Waals surface area (Å²) in [6, 6.07) is 11.8. The molecule has 0 fully saturated rings. The van der Waals surface area contributed by atoms with Gasteiger partial charge in [-0.25, -0.2) is 4.98 Å². The average molecular weight is 401 g/mol. The highest BCUT2D eigenvalue weighted by Gasteiger charge is 2.13. The molecule has 0 aliphatic rings. The van der Waals surface area contributed by atoms with Gasteiger partial charge in [-0.15, -0.1) is 16.4 Å². The normalized spacial score (nSPS) is 10.7. The molecule has 1 amide bonds. The molecule has 2 heterocycles. The Morgan fingerprint density at radius 2 is 1.96 bits per heavy atom. The number of carbonyl (C=O) groups excluding carboxylic acids is 2. The van der Waals surface area contributed by atoms with Crippen LogP contribution in [0.4, 0.5) is 0 Å². The number of aromatic nitrogens is 3. The molecular weight excluding hydrogens is 380 g/mol. The predicted molar refractivity (Wildman–Crippen MR) is 108 cm³/mol. The lowest BCUT2D eigenvalue weighted by Crippen LogP contribution is -2.18. The zero-order valence-corrected chi connectivity index (χ0v) is 16.7. The van der Waals surface area contributed by atoms with E-state index < -0.39 is 0 Å². The molecule has 2 N–H and O–H groups in total. The number of carbonyl (C=O) groups is 2. The quantitative estimate of drug-likeness (QED) is 0.445. The lowest BCUT2D eigenvalue weighted by molar-refractivity contribution is -0.119. The predicted octanol–water partition coefficient (Wildman–Crippen LogP) is 3.71. The molecule has 27 heavy (non-hydrogen) atoms. The first-order chi connectivity index (χ1) is 13.0. The monoisotopic (exact) mass is 400 g/mol. The number of thioether (sulfide) groups is 1. The van der Waals surface area contributed by atoms with Crippen molar-refractivity contribution in [1.82, 2.24) is 20.5 Å². The molecule has 6 nitrogen and oxygen atoms in total. The maximum Gasteiger partial charge on any atom is 0.217 e. The summed E-state index contributed by atoms with van der Waals surface area (Å²) in [5, 5.41) is 10.4. The van der Waals surface area contributed by atoms with E-state index in [1.54, 1.807) is 6.07 Å². The molecule has 140 valence electrons. The Bertz CT molecular complexity index is 931. The highest BCUT2D eigenvalue weighted by molar-refractivity contribution is 7.99. The van der Waals surface area contributed by atoms with E-state index in [0.717, 1.165) is 16.9 Å². The number of hydrogen-bond acceptors (Lipinski definition) is 6. The summed E-state index contributed by atoms with van der Waals surface area (Å²) in [6.45, 7) is 4.03. The van der Waals surface area contributed by atoms with Gasteiger partial charge in [0.2, 0.25) is 11.1 Å². The molecule has 0 saturated heterocycles. The van der Waals surface area contributed by atoms with Crippen LogP contribution in [0.25, 0.3) is 11.4 Å². The fraction of sp³-hybridized carbons (Fsp3) is 0.263. The van der Waals surface area contributed by atoms with Gasteiger partial charge < -0.3 is 5.32 Å². The molecule has 0 unspecified atom stereocenters. The van der Waals surface area contributed by atoms with Crippen LogP contribution in [-0.2, 0) is 17.8 Å². The topological polar surface area (TPSA) is 87.7 Å². The van der Waals surface area contributed by atoms with Gasteiger partial charge >= 0.3 is 0 Å². The van der Waals surface area contributed by atoms with Crippen LogP contribution in [0.3, 0.4) is 0 Å². The number of rotatable bonds is 8. The minimum absolute atomic E-state index is 0.0257. The molecule has 0 aliphatic heterocycles. The van der Waals surface area contributed by atoms with Gasteiger partial charge in [-0.05, 0) is 24.1 Å². The lowest BCUT2D eigenvalue weighted by atomic mass is 10.1. The van der Waals surface area contributed by atoms with Crippen LogP contribution in [-0.4, -0.2) is 32.6 Å². The van der Waals surface area contributed by atoms with Gasteiger partial charge in [-0.2, -0.15) is 0 Å². The van der Waals surface area contributed by atoms with Crippen LogP contribution in [0.2, 0.25) is 0 Å². The summed E-state index contributed by atoms with van der Waals surface area (Å²) in [5.41, 5.74) is 2.24. The van der Waals surface area contributed by atoms with Gasteiger partial charge in [0, 0.05) is 17.4 Å². The van der Waals surface area contributed by atoms with Crippen LogP contribution in [0.1, 0.15) is 34.0 Å². The Kier molecular flexibility index (Phi) is 6.41. The molecule has 0 aliphatic carbocycles. The van der Waals surface area contributed by atoms with Crippen LogP contribution < -0.4 is 5.32 Å². The number of aryl methyl sites for hydroxylation is 1. The molecule has 0 radical (unpaired) electrons. The fourth-order valence-electron chi connectivity index (χ4n) is 2.37. The first-order valence-electron chi connectivity index (χ1n) is 8.56. The van der Waals surface area contributed by atoms with Crippen molar-refractivity contribution in [3.05, 3.63) is 51.7 Å². The summed E-state index contributed by atoms with van der Waals surface area (Å²) in [5.74, 6) is 0.905. The number of hydrogen-bond donors (Lipinski definition) is 2. The van der Waals surface area contributed by atoms with Crippen molar-refractivity contribution < 1.29 is 9.59 Å². The largest absolute Gasteiger partial charge is 0.351 e. The summed E-state index contributed by atoms with van der Waals surface area (Å²) in [4.78, 5) is 29.4. The molecule has 1 aromatic carbocycles. The van der Waals surface area contributed by atoms with Gasteiger partial charge in [-0.1, -0.05) is 43.0 Å². The summed E-state index contributed by atoms with van der Waals surface area (Å²) in [6.07, 6.45) is 0.995. The first kappa shape index (κ1) is 19.3. The third-order valence-corrected chi connectivity index (χ3v) is 5.85. The van der Waals surface area contributed by atoms with Crippen LogP contribution in [0, 0.1) is 0 Å². The Hall–Kier alpha value is -2.45. The standard InChI is InChI=1S/C19H20N4O2S2/c1-3-13-4-6-14(7-5-13)18-21-19(23-22-18)26-11-16(25)17-9-8-15(27-17)10-20-12(2)24/h4-9H,3,10-11H2,1-2H3,(H,20,24)(H,21,22,23). The minimum Gasteiger partial charge on any atom is -0.351 e. The number of nitrogens with one attached hydrogen (secondary N) is 2. The Morgan fingerprint density at radius 3 is 2.67 bits per heavy atom.